The number of hydrogen-bond acceptors (Lipinski definition) is 4. The molecule has 0 bridgehead atoms. The lowest BCUT2D eigenvalue weighted by Crippen LogP contribution is -2.41. The zero-order valence-electron chi connectivity index (χ0n) is 11.9. The Labute approximate surface area is 142 Å². The summed E-state index contributed by atoms with van der Waals surface area (Å²) in [5.41, 5.74) is 6.87. The average molecular weight is 352 g/mol. The Morgan fingerprint density at radius 3 is 2.62 bits per heavy atom. The largest absolute Gasteiger partial charge is 0.353 e. The molecule has 4 nitrogen and oxygen atoms in total. The maximum atomic E-state index is 11.8. The van der Waals surface area contributed by atoms with Crippen LogP contribution >= 0.6 is 36.6 Å². The third kappa shape index (κ3) is 7.90. The van der Waals surface area contributed by atoms with E-state index in [1.54, 1.807) is 18.0 Å². The minimum Gasteiger partial charge on any atom is -0.353 e. The molecule has 21 heavy (non-hydrogen) atoms. The minimum atomic E-state index is 0. The van der Waals surface area contributed by atoms with E-state index in [4.69, 9.17) is 5.73 Å². The van der Waals surface area contributed by atoms with Crippen molar-refractivity contribution in [2.24, 2.45) is 5.73 Å². The van der Waals surface area contributed by atoms with Gasteiger partial charge in [-0.3, -0.25) is 9.78 Å². The van der Waals surface area contributed by atoms with Crippen molar-refractivity contribution in [3.63, 3.8) is 0 Å². The predicted octanol–water partition coefficient (Wildman–Crippen LogP) is 2.54. The number of halogens is 2. The number of aromatic nitrogens is 1. The number of amides is 1. The van der Waals surface area contributed by atoms with Crippen molar-refractivity contribution in [3.8, 4) is 0 Å². The van der Waals surface area contributed by atoms with Crippen molar-refractivity contribution in [2.45, 2.75) is 43.5 Å². The molecule has 3 N–H and O–H groups in total. The van der Waals surface area contributed by atoms with Gasteiger partial charge in [-0.05, 0) is 37.8 Å². The summed E-state index contributed by atoms with van der Waals surface area (Å²) in [7, 11) is 0. The molecule has 7 heteroatoms. The molecule has 1 heterocycles. The lowest BCUT2D eigenvalue weighted by molar-refractivity contribution is -0.119. The Morgan fingerprint density at radius 1 is 1.29 bits per heavy atom. The molecule has 1 fully saturated rings. The van der Waals surface area contributed by atoms with Gasteiger partial charge in [-0.15, -0.1) is 36.6 Å². The zero-order valence-corrected chi connectivity index (χ0v) is 14.3. The molecule has 0 unspecified atom stereocenters. The van der Waals surface area contributed by atoms with Crippen LogP contribution in [0.3, 0.4) is 0 Å². The van der Waals surface area contributed by atoms with E-state index in [1.165, 1.54) is 0 Å². The van der Waals surface area contributed by atoms with Gasteiger partial charge in [-0.25, -0.2) is 0 Å². The second kappa shape index (κ2) is 11.1. The molecular formula is C14H23Cl2N3OS. The van der Waals surface area contributed by atoms with Crippen LogP contribution in [0.1, 0.15) is 31.4 Å². The SMILES string of the molecule is Cl.Cl.NC1CCC(NC(=O)CSCc2ccccn2)CC1. The van der Waals surface area contributed by atoms with Crippen LogP contribution in [0.5, 0.6) is 0 Å². The van der Waals surface area contributed by atoms with Gasteiger partial charge in [0.1, 0.15) is 0 Å². The molecule has 2 rings (SSSR count). The molecule has 0 aromatic carbocycles. The summed E-state index contributed by atoms with van der Waals surface area (Å²) in [6.07, 6.45) is 5.84. The molecule has 120 valence electrons. The van der Waals surface area contributed by atoms with Crippen molar-refractivity contribution in [1.82, 2.24) is 10.3 Å². The summed E-state index contributed by atoms with van der Waals surface area (Å²) in [6.45, 7) is 0. The number of nitrogens with one attached hydrogen (secondary N) is 1. The lowest BCUT2D eigenvalue weighted by Gasteiger charge is -2.26. The van der Waals surface area contributed by atoms with Gasteiger partial charge in [0.15, 0.2) is 0 Å². The van der Waals surface area contributed by atoms with Crippen LogP contribution in [0.15, 0.2) is 24.4 Å². The van der Waals surface area contributed by atoms with E-state index >= 15 is 0 Å². The van der Waals surface area contributed by atoms with E-state index < -0.39 is 0 Å². The monoisotopic (exact) mass is 351 g/mol. The maximum Gasteiger partial charge on any atom is 0.230 e. The van der Waals surface area contributed by atoms with E-state index in [-0.39, 0.29) is 30.7 Å². The second-order valence-corrected chi connectivity index (χ2v) is 5.98. The molecular weight excluding hydrogens is 329 g/mol. The molecule has 0 spiro atoms. The summed E-state index contributed by atoms with van der Waals surface area (Å²) in [5, 5.41) is 3.09. The molecule has 1 saturated carbocycles. The fraction of sp³-hybridized carbons (Fsp3) is 0.571. The topological polar surface area (TPSA) is 68.0 Å². The molecule has 0 radical (unpaired) electrons. The molecule has 1 aromatic heterocycles. The van der Waals surface area contributed by atoms with Crippen molar-refractivity contribution >= 4 is 42.5 Å². The highest BCUT2D eigenvalue weighted by Gasteiger charge is 2.19. The summed E-state index contributed by atoms with van der Waals surface area (Å²) in [6, 6.07) is 6.49. The van der Waals surface area contributed by atoms with E-state index in [9.17, 15) is 4.79 Å². The molecule has 1 amide bonds. The van der Waals surface area contributed by atoms with Crippen LogP contribution in [0, 0.1) is 0 Å². The quantitative estimate of drug-likeness (QED) is 0.855. The third-order valence-corrected chi connectivity index (χ3v) is 4.31. The van der Waals surface area contributed by atoms with Crippen LogP contribution < -0.4 is 11.1 Å². The summed E-state index contributed by atoms with van der Waals surface area (Å²) < 4.78 is 0. The van der Waals surface area contributed by atoms with Gasteiger partial charge in [-0.2, -0.15) is 0 Å². The van der Waals surface area contributed by atoms with Gasteiger partial charge in [-0.1, -0.05) is 6.07 Å². The Morgan fingerprint density at radius 2 is 2.00 bits per heavy atom. The Balaban J connectivity index is 0.00000200. The number of hydrogen-bond donors (Lipinski definition) is 2. The zero-order chi connectivity index (χ0) is 13.5. The van der Waals surface area contributed by atoms with Crippen molar-refractivity contribution < 1.29 is 4.79 Å². The van der Waals surface area contributed by atoms with Crippen molar-refractivity contribution in [1.29, 1.82) is 0 Å². The van der Waals surface area contributed by atoms with E-state index in [0.717, 1.165) is 37.1 Å². The number of rotatable bonds is 5. The molecule has 1 aliphatic carbocycles. The predicted molar refractivity (Wildman–Crippen MR) is 93.3 cm³/mol. The highest BCUT2D eigenvalue weighted by Crippen LogP contribution is 2.17. The van der Waals surface area contributed by atoms with Gasteiger partial charge in [0.05, 0.1) is 11.4 Å². The van der Waals surface area contributed by atoms with Crippen molar-refractivity contribution in [3.05, 3.63) is 30.1 Å². The first-order chi connectivity index (χ1) is 9.24. The normalized spacial score (nSPS) is 20.8. The number of carbonyl (C=O) groups excluding carboxylic acids is 1. The number of nitrogens with zero attached hydrogens (tertiary/aromatic N) is 1. The Hall–Kier alpha value is -0.490. The van der Waals surface area contributed by atoms with E-state index in [2.05, 4.69) is 10.3 Å². The van der Waals surface area contributed by atoms with Gasteiger partial charge < -0.3 is 11.1 Å². The molecule has 0 saturated heterocycles. The van der Waals surface area contributed by atoms with Crippen molar-refractivity contribution in [2.75, 3.05) is 5.75 Å². The summed E-state index contributed by atoms with van der Waals surface area (Å²) in [4.78, 5) is 16.0. The van der Waals surface area contributed by atoms with Gasteiger partial charge >= 0.3 is 0 Å². The van der Waals surface area contributed by atoms with Crippen LogP contribution in [0.4, 0.5) is 0 Å². The maximum absolute atomic E-state index is 11.8. The molecule has 1 aliphatic rings. The summed E-state index contributed by atoms with van der Waals surface area (Å²) in [5.74, 6) is 1.41. The van der Waals surface area contributed by atoms with Gasteiger partial charge in [0.25, 0.3) is 0 Å². The fourth-order valence-corrected chi connectivity index (χ4v) is 3.02. The Bertz CT molecular complexity index is 400. The van der Waals surface area contributed by atoms with Crippen LogP contribution in [0.25, 0.3) is 0 Å². The third-order valence-electron chi connectivity index (χ3n) is 3.35. The number of thioether (sulfide) groups is 1. The van der Waals surface area contributed by atoms with Crippen LogP contribution in [0.2, 0.25) is 0 Å². The Kier molecular flexibility index (Phi) is 10.9. The first-order valence-electron chi connectivity index (χ1n) is 6.76. The highest BCUT2D eigenvalue weighted by molar-refractivity contribution is 7.99. The molecule has 0 aliphatic heterocycles. The lowest BCUT2D eigenvalue weighted by atomic mass is 9.92. The average Bonchev–Trinajstić information content (AvgIpc) is 2.43. The number of nitrogens with two attached hydrogens (primary N) is 1. The first-order valence-corrected chi connectivity index (χ1v) is 7.92. The van der Waals surface area contributed by atoms with E-state index in [1.807, 2.05) is 18.2 Å². The highest BCUT2D eigenvalue weighted by atomic mass is 35.5. The minimum absolute atomic E-state index is 0. The smallest absolute Gasteiger partial charge is 0.230 e. The molecule has 0 atom stereocenters. The number of carbonyl (C=O) groups is 1. The van der Waals surface area contributed by atoms with E-state index in [0.29, 0.717) is 17.8 Å². The number of pyridine rings is 1. The standard InChI is InChI=1S/C14H21N3OS.2ClH/c15-11-4-6-12(7-5-11)17-14(18)10-19-9-13-3-1-2-8-16-13;;/h1-3,8,11-12H,4-7,9-10,15H2,(H,17,18);2*1H. The van der Waals surface area contributed by atoms with Gasteiger partial charge in [0, 0.05) is 24.0 Å². The molecule has 1 aromatic rings. The van der Waals surface area contributed by atoms with Gasteiger partial charge in [0.2, 0.25) is 5.91 Å². The first kappa shape index (κ1) is 20.5. The fourth-order valence-electron chi connectivity index (χ4n) is 2.26. The second-order valence-electron chi connectivity index (χ2n) is 4.99. The van der Waals surface area contributed by atoms with Crippen LogP contribution in [-0.2, 0) is 10.5 Å². The van der Waals surface area contributed by atoms with Crippen LogP contribution in [-0.4, -0.2) is 28.7 Å². The summed E-state index contributed by atoms with van der Waals surface area (Å²) >= 11 is 1.60.